The Morgan fingerprint density at radius 1 is 1.15 bits per heavy atom. The van der Waals surface area contributed by atoms with Crippen molar-refractivity contribution in [3.05, 3.63) is 53.9 Å². The summed E-state index contributed by atoms with van der Waals surface area (Å²) in [5.41, 5.74) is 2.19. The van der Waals surface area contributed by atoms with Crippen LogP contribution in [0.15, 0.2) is 42.7 Å². The molecule has 6 heteroatoms. The number of nitrogens with zero attached hydrogens (tertiary/aromatic N) is 2. The molecule has 1 aliphatic rings. The molecule has 1 aromatic heterocycles. The molecule has 0 spiro atoms. The smallest absolute Gasteiger partial charge is 0.340 e. The average Bonchev–Trinajstić information content (AvgIpc) is 2.69. The lowest BCUT2D eigenvalue weighted by molar-refractivity contribution is 0.0527. The summed E-state index contributed by atoms with van der Waals surface area (Å²) in [5, 5.41) is 2.80. The normalized spacial score (nSPS) is 14.0. The lowest BCUT2D eigenvalue weighted by Crippen LogP contribution is -2.29. The monoisotopic (exact) mass is 353 g/mol. The Bertz CT molecular complexity index is 785. The maximum Gasteiger partial charge on any atom is 0.340 e. The number of carbonyl (C=O) groups excluding carboxylic acids is 2. The number of aromatic nitrogens is 1. The molecule has 1 saturated heterocycles. The number of nitrogens with one attached hydrogen (secondary N) is 1. The maximum atomic E-state index is 12.7. The van der Waals surface area contributed by atoms with E-state index >= 15 is 0 Å². The summed E-state index contributed by atoms with van der Waals surface area (Å²) >= 11 is 0. The van der Waals surface area contributed by atoms with E-state index in [1.807, 2.05) is 6.07 Å². The van der Waals surface area contributed by atoms with Crippen molar-refractivity contribution in [1.82, 2.24) is 4.98 Å². The van der Waals surface area contributed by atoms with Gasteiger partial charge in [0.25, 0.3) is 5.91 Å². The molecule has 0 radical (unpaired) electrons. The third-order valence-electron chi connectivity index (χ3n) is 4.38. The van der Waals surface area contributed by atoms with Gasteiger partial charge < -0.3 is 15.0 Å². The molecule has 0 bridgehead atoms. The molecule has 1 N–H and O–H groups in total. The molecule has 1 fully saturated rings. The first kappa shape index (κ1) is 17.9. The molecule has 2 aromatic rings. The second kappa shape index (κ2) is 8.47. The number of para-hydroxylation sites is 1. The van der Waals surface area contributed by atoms with E-state index in [1.165, 1.54) is 12.6 Å². The minimum Gasteiger partial charge on any atom is -0.462 e. The van der Waals surface area contributed by atoms with Gasteiger partial charge in [0, 0.05) is 19.3 Å². The number of carbonyl (C=O) groups is 2. The van der Waals surface area contributed by atoms with Crippen molar-refractivity contribution >= 4 is 23.3 Å². The van der Waals surface area contributed by atoms with Crippen molar-refractivity contribution in [2.24, 2.45) is 0 Å². The van der Waals surface area contributed by atoms with Crippen LogP contribution in [-0.4, -0.2) is 36.6 Å². The first-order chi connectivity index (χ1) is 12.7. The number of pyridine rings is 1. The van der Waals surface area contributed by atoms with Crippen LogP contribution in [0.2, 0.25) is 0 Å². The highest BCUT2D eigenvalue weighted by Gasteiger charge is 2.17. The molecule has 136 valence electrons. The summed E-state index contributed by atoms with van der Waals surface area (Å²) in [6.07, 6.45) is 6.88. The Balaban J connectivity index is 1.77. The van der Waals surface area contributed by atoms with E-state index in [4.69, 9.17) is 4.74 Å². The van der Waals surface area contributed by atoms with Crippen molar-refractivity contribution < 1.29 is 14.3 Å². The predicted molar refractivity (Wildman–Crippen MR) is 101 cm³/mol. The molecule has 1 aliphatic heterocycles. The fourth-order valence-corrected chi connectivity index (χ4v) is 3.05. The van der Waals surface area contributed by atoms with Gasteiger partial charge in [0.05, 0.1) is 35.3 Å². The fourth-order valence-electron chi connectivity index (χ4n) is 3.05. The van der Waals surface area contributed by atoms with E-state index in [9.17, 15) is 9.59 Å². The van der Waals surface area contributed by atoms with Gasteiger partial charge >= 0.3 is 5.97 Å². The van der Waals surface area contributed by atoms with Crippen LogP contribution in [0.5, 0.6) is 0 Å². The highest BCUT2D eigenvalue weighted by molar-refractivity contribution is 6.08. The third kappa shape index (κ3) is 4.20. The van der Waals surface area contributed by atoms with Crippen molar-refractivity contribution in [3.63, 3.8) is 0 Å². The number of ether oxygens (including phenoxy) is 1. The number of esters is 1. The summed E-state index contributed by atoms with van der Waals surface area (Å²) in [6.45, 7) is 4.00. The Morgan fingerprint density at radius 2 is 1.92 bits per heavy atom. The minimum atomic E-state index is -0.455. The quantitative estimate of drug-likeness (QED) is 0.833. The molecule has 3 rings (SSSR count). The summed E-state index contributed by atoms with van der Waals surface area (Å²) in [4.78, 5) is 31.2. The number of anilines is 2. The molecule has 0 unspecified atom stereocenters. The Kier molecular flexibility index (Phi) is 5.84. The highest BCUT2D eigenvalue weighted by atomic mass is 16.5. The van der Waals surface area contributed by atoms with Crippen molar-refractivity contribution in [2.75, 3.05) is 29.9 Å². The lowest BCUT2D eigenvalue weighted by Gasteiger charge is -2.28. The number of piperidine rings is 1. The van der Waals surface area contributed by atoms with Crippen LogP contribution in [0, 0.1) is 0 Å². The molecule has 26 heavy (non-hydrogen) atoms. The van der Waals surface area contributed by atoms with Crippen LogP contribution in [0.25, 0.3) is 0 Å². The standard InChI is InChI=1S/C20H23N3O3/c1-2-26-20(25)17-8-4-5-9-18(17)22-19(24)15-12-16(14-21-13-15)23-10-6-3-7-11-23/h4-5,8-9,12-14H,2-3,6-7,10-11H2,1H3,(H,22,24). The molecule has 1 aromatic carbocycles. The Hall–Kier alpha value is -2.89. The summed E-state index contributed by atoms with van der Waals surface area (Å²) in [6, 6.07) is 8.67. The maximum absolute atomic E-state index is 12.7. The van der Waals surface area contributed by atoms with Gasteiger partial charge in [-0.3, -0.25) is 9.78 Å². The summed E-state index contributed by atoms with van der Waals surface area (Å²) in [5.74, 6) is -0.753. The van der Waals surface area contributed by atoms with E-state index in [1.54, 1.807) is 37.4 Å². The topological polar surface area (TPSA) is 71.5 Å². The largest absolute Gasteiger partial charge is 0.462 e. The van der Waals surface area contributed by atoms with Gasteiger partial charge in [-0.05, 0) is 44.4 Å². The van der Waals surface area contributed by atoms with Gasteiger partial charge in [0.1, 0.15) is 0 Å². The van der Waals surface area contributed by atoms with Gasteiger partial charge in [0.2, 0.25) is 0 Å². The van der Waals surface area contributed by atoms with Crippen LogP contribution in [0.4, 0.5) is 11.4 Å². The second-order valence-corrected chi connectivity index (χ2v) is 6.20. The van der Waals surface area contributed by atoms with Crippen LogP contribution in [-0.2, 0) is 4.74 Å². The first-order valence-corrected chi connectivity index (χ1v) is 8.96. The average molecular weight is 353 g/mol. The van der Waals surface area contributed by atoms with Crippen LogP contribution < -0.4 is 10.2 Å². The molecule has 0 atom stereocenters. The second-order valence-electron chi connectivity index (χ2n) is 6.20. The molecule has 1 amide bonds. The lowest BCUT2D eigenvalue weighted by atomic mass is 10.1. The zero-order chi connectivity index (χ0) is 18.4. The van der Waals surface area contributed by atoms with Gasteiger partial charge in [-0.15, -0.1) is 0 Å². The Labute approximate surface area is 153 Å². The molecule has 6 nitrogen and oxygen atoms in total. The molecule has 0 aliphatic carbocycles. The number of rotatable bonds is 5. The van der Waals surface area contributed by atoms with E-state index < -0.39 is 5.97 Å². The van der Waals surface area contributed by atoms with Crippen molar-refractivity contribution in [3.8, 4) is 0 Å². The number of amides is 1. The van der Waals surface area contributed by atoms with Crippen molar-refractivity contribution in [1.29, 1.82) is 0 Å². The van der Waals surface area contributed by atoms with Gasteiger partial charge in [0.15, 0.2) is 0 Å². The summed E-state index contributed by atoms with van der Waals surface area (Å²) in [7, 11) is 0. The predicted octanol–water partition coefficient (Wildman–Crippen LogP) is 3.50. The van der Waals surface area contributed by atoms with Crippen LogP contribution >= 0.6 is 0 Å². The van der Waals surface area contributed by atoms with E-state index in [-0.39, 0.29) is 12.5 Å². The van der Waals surface area contributed by atoms with Gasteiger partial charge in [-0.2, -0.15) is 0 Å². The van der Waals surface area contributed by atoms with Gasteiger partial charge in [-0.1, -0.05) is 12.1 Å². The SMILES string of the molecule is CCOC(=O)c1ccccc1NC(=O)c1cncc(N2CCCCC2)c1. The number of hydrogen-bond donors (Lipinski definition) is 1. The van der Waals surface area contributed by atoms with E-state index in [2.05, 4.69) is 15.2 Å². The van der Waals surface area contributed by atoms with Crippen LogP contribution in [0.3, 0.4) is 0 Å². The van der Waals surface area contributed by atoms with E-state index in [0.29, 0.717) is 16.8 Å². The molecule has 0 saturated carbocycles. The zero-order valence-corrected chi connectivity index (χ0v) is 14.9. The molecular weight excluding hydrogens is 330 g/mol. The number of benzene rings is 1. The molecular formula is C20H23N3O3. The highest BCUT2D eigenvalue weighted by Crippen LogP contribution is 2.21. The minimum absolute atomic E-state index is 0.281. The van der Waals surface area contributed by atoms with E-state index in [0.717, 1.165) is 31.6 Å². The Morgan fingerprint density at radius 3 is 2.69 bits per heavy atom. The van der Waals surface area contributed by atoms with Gasteiger partial charge in [-0.25, -0.2) is 4.79 Å². The van der Waals surface area contributed by atoms with Crippen LogP contribution in [0.1, 0.15) is 46.9 Å². The zero-order valence-electron chi connectivity index (χ0n) is 14.9. The third-order valence-corrected chi connectivity index (χ3v) is 4.38. The first-order valence-electron chi connectivity index (χ1n) is 8.96. The molecule has 2 heterocycles. The number of hydrogen-bond acceptors (Lipinski definition) is 5. The summed E-state index contributed by atoms with van der Waals surface area (Å²) < 4.78 is 5.05. The fraction of sp³-hybridized carbons (Fsp3) is 0.350. The van der Waals surface area contributed by atoms with Crippen molar-refractivity contribution in [2.45, 2.75) is 26.2 Å².